The number of carbonyl (C=O) groups is 2. The molecule has 5 heteroatoms. The Morgan fingerprint density at radius 2 is 0.662 bits per heavy atom. The van der Waals surface area contributed by atoms with Gasteiger partial charge in [-0.2, -0.15) is 0 Å². The number of hydrogen-bond donors (Lipinski definition) is 0. The van der Waals surface area contributed by atoms with Crippen molar-refractivity contribution in [3.63, 3.8) is 0 Å². The molecule has 68 heavy (non-hydrogen) atoms. The fourth-order valence-corrected chi connectivity index (χ4v) is 7.34. The molecule has 0 amide bonds. The van der Waals surface area contributed by atoms with E-state index in [2.05, 4.69) is 142 Å². The minimum Gasteiger partial charge on any atom is -0.462 e. The molecule has 0 fully saturated rings. The van der Waals surface area contributed by atoms with Crippen LogP contribution in [0.1, 0.15) is 239 Å². The topological polar surface area (TPSA) is 61.8 Å². The van der Waals surface area contributed by atoms with Gasteiger partial charge in [0, 0.05) is 19.4 Å². The van der Waals surface area contributed by atoms with E-state index in [9.17, 15) is 9.59 Å². The molecule has 0 aromatic rings. The third-order valence-electron chi connectivity index (χ3n) is 11.5. The Bertz CT molecular complexity index is 1390. The first-order valence-corrected chi connectivity index (χ1v) is 28.1. The van der Waals surface area contributed by atoms with Gasteiger partial charge in [0.2, 0.25) is 0 Å². The van der Waals surface area contributed by atoms with Gasteiger partial charge in [0.25, 0.3) is 0 Å². The number of allylic oxidation sites excluding steroid dienone is 20. The number of ether oxygens (including phenoxy) is 3. The summed E-state index contributed by atoms with van der Waals surface area (Å²) in [5.74, 6) is -0.468. The summed E-state index contributed by atoms with van der Waals surface area (Å²) in [4.78, 5) is 25.5. The second kappa shape index (κ2) is 57.6. The second-order valence-corrected chi connectivity index (χ2v) is 18.1. The Morgan fingerprint density at radius 3 is 1.09 bits per heavy atom. The summed E-state index contributed by atoms with van der Waals surface area (Å²) >= 11 is 0. The van der Waals surface area contributed by atoms with Gasteiger partial charge in [-0.05, 0) is 128 Å². The zero-order valence-corrected chi connectivity index (χ0v) is 44.3. The van der Waals surface area contributed by atoms with Crippen LogP contribution in [0.2, 0.25) is 0 Å². The van der Waals surface area contributed by atoms with Gasteiger partial charge < -0.3 is 14.2 Å². The fraction of sp³-hybridized carbons (Fsp3) is 0.651. The summed E-state index contributed by atoms with van der Waals surface area (Å²) in [5, 5.41) is 0. The summed E-state index contributed by atoms with van der Waals surface area (Å²) in [7, 11) is 0. The molecule has 0 spiro atoms. The van der Waals surface area contributed by atoms with Crippen LogP contribution >= 0.6 is 0 Å². The van der Waals surface area contributed by atoms with Crippen LogP contribution in [0, 0.1) is 0 Å². The smallest absolute Gasteiger partial charge is 0.306 e. The Balaban J connectivity index is 4.38. The van der Waals surface area contributed by atoms with E-state index in [-0.39, 0.29) is 25.2 Å². The van der Waals surface area contributed by atoms with Crippen molar-refractivity contribution in [1.29, 1.82) is 0 Å². The molecule has 1 atom stereocenters. The first kappa shape index (κ1) is 64.3. The quantitative estimate of drug-likeness (QED) is 0.0345. The third kappa shape index (κ3) is 54.9. The average molecular weight is 942 g/mol. The van der Waals surface area contributed by atoms with Crippen LogP contribution in [0.4, 0.5) is 0 Å². The van der Waals surface area contributed by atoms with E-state index < -0.39 is 6.10 Å². The number of unbranched alkanes of at least 4 members (excludes halogenated alkanes) is 19. The predicted octanol–water partition coefficient (Wildman–Crippen LogP) is 19.3. The van der Waals surface area contributed by atoms with E-state index in [1.165, 1.54) is 89.9 Å². The molecule has 0 aliphatic heterocycles. The minimum absolute atomic E-state index is 0.0514. The summed E-state index contributed by atoms with van der Waals surface area (Å²) in [6.45, 7) is 7.50. The molecule has 0 saturated carbocycles. The Hall–Kier alpha value is -3.70. The highest BCUT2D eigenvalue weighted by Crippen LogP contribution is 2.13. The molecule has 0 heterocycles. The number of hydrogen-bond acceptors (Lipinski definition) is 5. The summed E-state index contributed by atoms with van der Waals surface area (Å²) in [5.41, 5.74) is 0. The monoisotopic (exact) mass is 941 g/mol. The van der Waals surface area contributed by atoms with Gasteiger partial charge in [0.1, 0.15) is 6.61 Å². The van der Waals surface area contributed by atoms with Crippen molar-refractivity contribution in [3.05, 3.63) is 122 Å². The molecule has 0 aliphatic carbocycles. The first-order chi connectivity index (χ1) is 33.6. The molecule has 0 radical (unpaired) electrons. The molecule has 0 saturated heterocycles. The van der Waals surface area contributed by atoms with Gasteiger partial charge in [0.15, 0.2) is 6.10 Å². The van der Waals surface area contributed by atoms with E-state index in [0.717, 1.165) is 116 Å². The van der Waals surface area contributed by atoms with Gasteiger partial charge >= 0.3 is 11.9 Å². The van der Waals surface area contributed by atoms with Gasteiger partial charge in [-0.15, -0.1) is 0 Å². The highest BCUT2D eigenvalue weighted by atomic mass is 16.6. The lowest BCUT2D eigenvalue weighted by molar-refractivity contribution is -0.163. The molecule has 386 valence electrons. The molecule has 0 aliphatic rings. The van der Waals surface area contributed by atoms with E-state index >= 15 is 0 Å². The van der Waals surface area contributed by atoms with Crippen LogP contribution in [-0.4, -0.2) is 37.9 Å². The molecular formula is C63H104O5. The summed E-state index contributed by atoms with van der Waals surface area (Å²) in [6, 6.07) is 0. The molecule has 5 nitrogen and oxygen atoms in total. The van der Waals surface area contributed by atoms with Crippen LogP contribution in [0.25, 0.3) is 0 Å². The highest BCUT2D eigenvalue weighted by molar-refractivity contribution is 5.70. The maximum Gasteiger partial charge on any atom is 0.306 e. The van der Waals surface area contributed by atoms with Gasteiger partial charge in [-0.3, -0.25) is 9.59 Å². The molecular weight excluding hydrogens is 837 g/mol. The molecule has 0 bridgehead atoms. The van der Waals surface area contributed by atoms with Gasteiger partial charge in [0.05, 0.1) is 6.61 Å². The number of carbonyl (C=O) groups excluding carboxylic acids is 2. The van der Waals surface area contributed by atoms with Crippen LogP contribution in [0.3, 0.4) is 0 Å². The molecule has 0 N–H and O–H groups in total. The summed E-state index contributed by atoms with van der Waals surface area (Å²) in [6.07, 6.45) is 80.7. The highest BCUT2D eigenvalue weighted by Gasteiger charge is 2.17. The minimum atomic E-state index is -0.576. The number of esters is 2. The van der Waals surface area contributed by atoms with Crippen molar-refractivity contribution in [2.75, 3.05) is 19.8 Å². The van der Waals surface area contributed by atoms with Crippen LogP contribution in [-0.2, 0) is 23.8 Å². The average Bonchev–Trinajstić information content (AvgIpc) is 3.34. The summed E-state index contributed by atoms with van der Waals surface area (Å²) < 4.78 is 17.4. The van der Waals surface area contributed by atoms with Crippen molar-refractivity contribution < 1.29 is 23.8 Å². The van der Waals surface area contributed by atoms with Crippen molar-refractivity contribution in [2.45, 2.75) is 245 Å². The third-order valence-corrected chi connectivity index (χ3v) is 11.5. The van der Waals surface area contributed by atoms with Crippen LogP contribution in [0.5, 0.6) is 0 Å². The van der Waals surface area contributed by atoms with E-state index in [1.54, 1.807) is 0 Å². The van der Waals surface area contributed by atoms with E-state index in [4.69, 9.17) is 14.2 Å². The van der Waals surface area contributed by atoms with Crippen molar-refractivity contribution in [3.8, 4) is 0 Å². The van der Waals surface area contributed by atoms with E-state index in [0.29, 0.717) is 19.4 Å². The lowest BCUT2D eigenvalue weighted by Crippen LogP contribution is -2.30. The van der Waals surface area contributed by atoms with Crippen LogP contribution in [0.15, 0.2) is 122 Å². The molecule has 1 unspecified atom stereocenters. The fourth-order valence-electron chi connectivity index (χ4n) is 7.34. The van der Waals surface area contributed by atoms with Crippen molar-refractivity contribution >= 4 is 11.9 Å². The lowest BCUT2D eigenvalue weighted by Gasteiger charge is -2.18. The van der Waals surface area contributed by atoms with Crippen molar-refractivity contribution in [1.82, 2.24) is 0 Å². The zero-order valence-electron chi connectivity index (χ0n) is 44.3. The maximum atomic E-state index is 12.8. The first-order valence-electron chi connectivity index (χ1n) is 28.1. The maximum absolute atomic E-state index is 12.8. The standard InChI is InChI=1S/C63H104O5/c1-4-7-10-13-16-19-22-25-28-30-32-33-36-38-41-44-47-50-53-56-62(64)67-60-61(68-63(65)57-54-51-48-45-42-39-35-27-24-21-18-15-12-9-6-3)59-66-58-55-52-49-46-43-40-37-34-31-29-26-23-20-17-14-11-8-5-2/h8-9,11-12,16-21,25-29,32-33,35,42,45,61H,4-7,10,13-15,22-24,30-31,34,36-41,43-44,46-60H2,1-3H3/b11-8-,12-9-,19-16-,20-17-,21-18-,28-25-,29-26-,33-32-,35-27-,45-42-. The lowest BCUT2D eigenvalue weighted by atomic mass is 10.1. The predicted molar refractivity (Wildman–Crippen MR) is 297 cm³/mol. The van der Waals surface area contributed by atoms with Gasteiger partial charge in [-0.25, -0.2) is 0 Å². The second-order valence-electron chi connectivity index (χ2n) is 18.1. The largest absolute Gasteiger partial charge is 0.462 e. The Kier molecular flexibility index (Phi) is 54.5. The van der Waals surface area contributed by atoms with Crippen molar-refractivity contribution in [2.24, 2.45) is 0 Å². The molecule has 0 aromatic carbocycles. The molecule has 0 rings (SSSR count). The molecule has 0 aromatic heterocycles. The number of rotatable bonds is 50. The van der Waals surface area contributed by atoms with Crippen LogP contribution < -0.4 is 0 Å². The van der Waals surface area contributed by atoms with E-state index in [1.807, 2.05) is 0 Å². The Morgan fingerprint density at radius 1 is 0.338 bits per heavy atom. The zero-order chi connectivity index (χ0) is 49.2. The SMILES string of the molecule is CC/C=C\C/C=C\C/C=C\C/C=C\CCCCC(=O)OC(COCCCCCCCCCC/C=C\C/C=C\C/C=C\CC)COC(=O)CCCCCCCC/C=C\C/C=C\C/C=C\CCCCC. The van der Waals surface area contributed by atoms with Gasteiger partial charge in [-0.1, -0.05) is 219 Å². The Labute approximate surface area is 420 Å². The normalized spacial score (nSPS) is 13.2.